The molecular formula is C14H22N2O4. The number of nitrogens with zero attached hydrogens (tertiary/aromatic N) is 1. The van der Waals surface area contributed by atoms with E-state index in [1.54, 1.807) is 6.07 Å². The molecule has 1 saturated heterocycles. The monoisotopic (exact) mass is 282 g/mol. The summed E-state index contributed by atoms with van der Waals surface area (Å²) in [6, 6.07) is 2.06. The van der Waals surface area contributed by atoms with Gasteiger partial charge < -0.3 is 19.2 Å². The maximum absolute atomic E-state index is 11.3. The molecule has 1 aromatic rings. The number of hydrogen-bond donors (Lipinski definition) is 1. The molecule has 2 rings (SSSR count). The largest absolute Gasteiger partial charge is 0.467 e. The molecule has 1 N–H and O–H groups in total. The van der Waals surface area contributed by atoms with Crippen LogP contribution in [0.5, 0.6) is 0 Å². The van der Waals surface area contributed by atoms with Crippen molar-refractivity contribution in [1.29, 1.82) is 0 Å². The molecule has 0 saturated carbocycles. The molecule has 0 radical (unpaired) electrons. The summed E-state index contributed by atoms with van der Waals surface area (Å²) >= 11 is 0. The fourth-order valence-electron chi connectivity index (χ4n) is 2.21. The van der Waals surface area contributed by atoms with Gasteiger partial charge in [-0.2, -0.15) is 0 Å². The summed E-state index contributed by atoms with van der Waals surface area (Å²) < 4.78 is 15.3. The molecule has 0 spiro atoms. The summed E-state index contributed by atoms with van der Waals surface area (Å²) in [5.74, 6) is 0.362. The molecule has 1 aromatic heterocycles. The van der Waals surface area contributed by atoms with E-state index in [1.807, 2.05) is 0 Å². The number of nitrogens with one attached hydrogen (secondary N) is 1. The van der Waals surface area contributed by atoms with E-state index in [9.17, 15) is 4.79 Å². The van der Waals surface area contributed by atoms with Crippen LogP contribution < -0.4 is 5.32 Å². The molecule has 1 unspecified atom stereocenters. The Kier molecular flexibility index (Phi) is 5.58. The Labute approximate surface area is 119 Å². The first-order chi connectivity index (χ1) is 9.69. The molecule has 0 aromatic carbocycles. The van der Waals surface area contributed by atoms with Crippen LogP contribution in [0.1, 0.15) is 23.0 Å². The highest BCUT2D eigenvalue weighted by molar-refractivity contribution is 5.88. The van der Waals surface area contributed by atoms with Gasteiger partial charge in [-0.15, -0.1) is 0 Å². The Bertz CT molecular complexity index is 427. The highest BCUT2D eigenvalue weighted by Gasteiger charge is 2.14. The number of morpholine rings is 1. The summed E-state index contributed by atoms with van der Waals surface area (Å²) in [6.07, 6.45) is 1.43. The minimum atomic E-state index is -0.374. The van der Waals surface area contributed by atoms with E-state index in [4.69, 9.17) is 9.15 Å². The summed E-state index contributed by atoms with van der Waals surface area (Å²) in [5, 5.41) is 3.39. The van der Waals surface area contributed by atoms with Gasteiger partial charge in [0.05, 0.1) is 32.4 Å². The molecular weight excluding hydrogens is 260 g/mol. The molecule has 6 nitrogen and oxygen atoms in total. The Morgan fingerprint density at radius 3 is 2.95 bits per heavy atom. The van der Waals surface area contributed by atoms with E-state index in [2.05, 4.69) is 21.9 Å². The third-order valence-electron chi connectivity index (χ3n) is 3.34. The van der Waals surface area contributed by atoms with Gasteiger partial charge in [-0.25, -0.2) is 4.79 Å². The smallest absolute Gasteiger partial charge is 0.341 e. The lowest BCUT2D eigenvalue weighted by Gasteiger charge is -2.29. The van der Waals surface area contributed by atoms with Gasteiger partial charge in [-0.3, -0.25) is 4.90 Å². The van der Waals surface area contributed by atoms with Gasteiger partial charge in [0.2, 0.25) is 0 Å². The number of carbonyl (C=O) groups is 1. The van der Waals surface area contributed by atoms with Gasteiger partial charge in [-0.05, 0) is 13.0 Å². The predicted octanol–water partition coefficient (Wildman–Crippen LogP) is 0.876. The van der Waals surface area contributed by atoms with Gasteiger partial charge in [-0.1, -0.05) is 0 Å². The second-order valence-electron chi connectivity index (χ2n) is 4.99. The Morgan fingerprint density at radius 2 is 2.25 bits per heavy atom. The van der Waals surface area contributed by atoms with Crippen molar-refractivity contribution in [1.82, 2.24) is 10.2 Å². The topological polar surface area (TPSA) is 63.9 Å². The number of esters is 1. The number of carbonyl (C=O) groups excluding carboxylic acids is 1. The summed E-state index contributed by atoms with van der Waals surface area (Å²) in [6.45, 7) is 7.31. The van der Waals surface area contributed by atoms with Crippen molar-refractivity contribution in [2.45, 2.75) is 19.5 Å². The van der Waals surface area contributed by atoms with Gasteiger partial charge in [0.25, 0.3) is 0 Å². The number of rotatable bonds is 6. The van der Waals surface area contributed by atoms with Crippen LogP contribution in [0.2, 0.25) is 0 Å². The minimum Gasteiger partial charge on any atom is -0.467 e. The van der Waals surface area contributed by atoms with Gasteiger partial charge in [0.1, 0.15) is 12.0 Å². The first kappa shape index (κ1) is 15.0. The van der Waals surface area contributed by atoms with Gasteiger partial charge >= 0.3 is 5.97 Å². The fourth-order valence-corrected chi connectivity index (χ4v) is 2.21. The number of hydrogen-bond acceptors (Lipinski definition) is 6. The van der Waals surface area contributed by atoms with Crippen molar-refractivity contribution >= 4 is 5.97 Å². The SMILES string of the molecule is COC(=O)c1coc(CNC(C)CN2CCOCC2)c1. The van der Waals surface area contributed by atoms with Gasteiger partial charge in [0.15, 0.2) is 0 Å². The van der Waals surface area contributed by atoms with E-state index in [1.165, 1.54) is 13.4 Å². The lowest BCUT2D eigenvalue weighted by atomic mass is 10.2. The quantitative estimate of drug-likeness (QED) is 0.781. The Hall–Kier alpha value is -1.37. The number of furan rings is 1. The van der Waals surface area contributed by atoms with Crippen LogP contribution in [-0.4, -0.2) is 56.9 Å². The van der Waals surface area contributed by atoms with Crippen molar-refractivity contribution in [2.24, 2.45) is 0 Å². The highest BCUT2D eigenvalue weighted by Crippen LogP contribution is 2.09. The van der Waals surface area contributed by atoms with Crippen LogP contribution in [0.15, 0.2) is 16.7 Å². The van der Waals surface area contributed by atoms with E-state index < -0.39 is 0 Å². The standard InChI is InChI=1S/C14H22N2O4/c1-11(9-16-3-5-19-6-4-16)15-8-13-7-12(10-20-13)14(17)18-2/h7,10-11,15H,3-6,8-9H2,1-2H3. The van der Waals surface area contributed by atoms with E-state index in [-0.39, 0.29) is 5.97 Å². The second kappa shape index (κ2) is 7.42. The van der Waals surface area contributed by atoms with Crippen LogP contribution >= 0.6 is 0 Å². The van der Waals surface area contributed by atoms with Crippen LogP contribution in [0.25, 0.3) is 0 Å². The summed E-state index contributed by atoms with van der Waals surface area (Å²) in [7, 11) is 1.36. The third kappa shape index (κ3) is 4.33. The molecule has 1 aliphatic rings. The minimum absolute atomic E-state index is 0.347. The molecule has 1 aliphatic heterocycles. The molecule has 0 bridgehead atoms. The zero-order chi connectivity index (χ0) is 14.4. The zero-order valence-corrected chi connectivity index (χ0v) is 12.1. The van der Waals surface area contributed by atoms with Crippen molar-refractivity contribution in [3.63, 3.8) is 0 Å². The van der Waals surface area contributed by atoms with Crippen LogP contribution in [0, 0.1) is 0 Å². The normalized spacial score (nSPS) is 17.9. The van der Waals surface area contributed by atoms with E-state index in [0.717, 1.165) is 38.6 Å². The molecule has 112 valence electrons. The molecule has 1 atom stereocenters. The lowest BCUT2D eigenvalue weighted by molar-refractivity contribution is 0.0342. The maximum Gasteiger partial charge on any atom is 0.341 e. The highest BCUT2D eigenvalue weighted by atomic mass is 16.5. The van der Waals surface area contributed by atoms with E-state index in [0.29, 0.717) is 18.2 Å². The average Bonchev–Trinajstić information content (AvgIpc) is 2.94. The average molecular weight is 282 g/mol. The molecule has 0 amide bonds. The van der Waals surface area contributed by atoms with Crippen molar-refractivity contribution < 1.29 is 18.7 Å². The molecule has 6 heteroatoms. The molecule has 1 fully saturated rings. The summed E-state index contributed by atoms with van der Waals surface area (Å²) in [4.78, 5) is 13.7. The second-order valence-corrected chi connectivity index (χ2v) is 4.99. The molecule has 2 heterocycles. The van der Waals surface area contributed by atoms with Crippen LogP contribution in [0.4, 0.5) is 0 Å². The van der Waals surface area contributed by atoms with Crippen LogP contribution in [0.3, 0.4) is 0 Å². The first-order valence-electron chi connectivity index (χ1n) is 6.88. The van der Waals surface area contributed by atoms with Crippen molar-refractivity contribution in [2.75, 3.05) is 40.0 Å². The fraction of sp³-hybridized carbons (Fsp3) is 0.643. The number of ether oxygens (including phenoxy) is 2. The van der Waals surface area contributed by atoms with Crippen molar-refractivity contribution in [3.05, 3.63) is 23.7 Å². The first-order valence-corrected chi connectivity index (χ1v) is 6.88. The third-order valence-corrected chi connectivity index (χ3v) is 3.34. The van der Waals surface area contributed by atoms with E-state index >= 15 is 0 Å². The lowest BCUT2D eigenvalue weighted by Crippen LogP contribution is -2.44. The van der Waals surface area contributed by atoms with Gasteiger partial charge in [0, 0.05) is 25.7 Å². The van der Waals surface area contributed by atoms with Crippen LogP contribution in [-0.2, 0) is 16.0 Å². The maximum atomic E-state index is 11.3. The predicted molar refractivity (Wildman–Crippen MR) is 73.6 cm³/mol. The summed E-state index contributed by atoms with van der Waals surface area (Å²) in [5.41, 5.74) is 0.449. The molecule has 0 aliphatic carbocycles. The Morgan fingerprint density at radius 1 is 1.50 bits per heavy atom. The van der Waals surface area contributed by atoms with Crippen molar-refractivity contribution in [3.8, 4) is 0 Å². The zero-order valence-electron chi connectivity index (χ0n) is 12.1. The number of methoxy groups -OCH3 is 1. The molecule has 20 heavy (non-hydrogen) atoms. The Balaban J connectivity index is 1.73.